The van der Waals surface area contributed by atoms with Crippen molar-refractivity contribution in [3.8, 4) is 0 Å². The molecule has 1 heterocycles. The minimum atomic E-state index is -3.62. The van der Waals surface area contributed by atoms with Gasteiger partial charge in [-0.3, -0.25) is 0 Å². The van der Waals surface area contributed by atoms with E-state index in [1.165, 1.54) is 0 Å². The molecular formula is C13H17NO3S. The Bertz CT molecular complexity index is 534. The molecule has 1 aromatic rings. The highest BCUT2D eigenvalue weighted by atomic mass is 32.2. The summed E-state index contributed by atoms with van der Waals surface area (Å²) in [6, 6.07) is 6.66. The number of nitrogens with zero attached hydrogens (tertiary/aromatic N) is 1. The molecule has 0 aromatic heterocycles. The molecule has 0 saturated carbocycles. The van der Waals surface area contributed by atoms with Gasteiger partial charge in [-0.05, 0) is 31.9 Å². The predicted molar refractivity (Wildman–Crippen MR) is 69.5 cm³/mol. The average Bonchev–Trinajstić information content (AvgIpc) is 2.55. The first-order valence-electron chi connectivity index (χ1n) is 5.93. The fourth-order valence-electron chi connectivity index (χ4n) is 1.91. The van der Waals surface area contributed by atoms with E-state index in [-0.39, 0.29) is 11.4 Å². The predicted octanol–water partition coefficient (Wildman–Crippen LogP) is 1.65. The van der Waals surface area contributed by atoms with E-state index >= 15 is 0 Å². The minimum Gasteiger partial charge on any atom is -0.377 e. The van der Waals surface area contributed by atoms with Crippen molar-refractivity contribution in [1.82, 2.24) is 4.31 Å². The molecule has 1 unspecified atom stereocenters. The second-order valence-corrected chi connectivity index (χ2v) is 6.31. The quantitative estimate of drug-likeness (QED) is 0.829. The Morgan fingerprint density at radius 2 is 1.89 bits per heavy atom. The first-order chi connectivity index (χ1) is 8.51. The molecule has 0 bridgehead atoms. The zero-order valence-electron chi connectivity index (χ0n) is 10.3. The van der Waals surface area contributed by atoms with Crippen LogP contribution in [0.3, 0.4) is 0 Å². The molecule has 0 saturated heterocycles. The smallest absolute Gasteiger partial charge is 0.245 e. The van der Waals surface area contributed by atoms with Crippen molar-refractivity contribution in [3.05, 3.63) is 42.0 Å². The third-order valence-corrected chi connectivity index (χ3v) is 4.88. The summed E-state index contributed by atoms with van der Waals surface area (Å²) in [6.45, 7) is 2.12. The molecule has 1 N–H and O–H groups in total. The molecule has 2 rings (SSSR count). The Hall–Kier alpha value is -1.17. The van der Waals surface area contributed by atoms with E-state index in [0.717, 1.165) is 9.87 Å². The third-order valence-electron chi connectivity index (χ3n) is 3.00. The number of allylic oxidation sites excluding steroid dienone is 1. The number of hydrogen-bond acceptors (Lipinski definition) is 3. The molecule has 0 radical (unpaired) electrons. The van der Waals surface area contributed by atoms with Gasteiger partial charge in [-0.2, -0.15) is 4.31 Å². The van der Waals surface area contributed by atoms with Gasteiger partial charge in [0.05, 0.1) is 4.90 Å². The molecule has 1 aliphatic rings. The second-order valence-electron chi connectivity index (χ2n) is 4.42. The van der Waals surface area contributed by atoms with Crippen molar-refractivity contribution in [1.29, 1.82) is 0 Å². The van der Waals surface area contributed by atoms with E-state index in [0.29, 0.717) is 12.8 Å². The summed E-state index contributed by atoms with van der Waals surface area (Å²) in [7, 11) is -3.62. The average molecular weight is 267 g/mol. The zero-order chi connectivity index (χ0) is 13.2. The highest BCUT2D eigenvalue weighted by Gasteiger charge is 2.29. The summed E-state index contributed by atoms with van der Waals surface area (Å²) in [5.74, 6) is 0. The highest BCUT2D eigenvalue weighted by Crippen LogP contribution is 2.21. The standard InChI is InChI=1S/C13H17NO3S/c1-11-6-8-12(9-7-11)18(16,17)14-10-4-2-3-5-13(14)15/h2,4,6-9,13,15H,3,5,10H2,1H3. The fourth-order valence-corrected chi connectivity index (χ4v) is 3.37. The van der Waals surface area contributed by atoms with Crippen LogP contribution in [0.5, 0.6) is 0 Å². The molecule has 1 aromatic carbocycles. The van der Waals surface area contributed by atoms with Gasteiger partial charge in [0.1, 0.15) is 6.23 Å². The molecule has 1 aliphatic heterocycles. The summed E-state index contributed by atoms with van der Waals surface area (Å²) >= 11 is 0. The number of aliphatic hydroxyl groups excluding tert-OH is 1. The highest BCUT2D eigenvalue weighted by molar-refractivity contribution is 7.89. The fraction of sp³-hybridized carbons (Fsp3) is 0.385. The summed E-state index contributed by atoms with van der Waals surface area (Å²) in [5, 5.41) is 9.91. The number of hydrogen-bond donors (Lipinski definition) is 1. The van der Waals surface area contributed by atoms with Crippen LogP contribution in [-0.2, 0) is 10.0 Å². The first kappa shape index (κ1) is 13.3. The van der Waals surface area contributed by atoms with Crippen molar-refractivity contribution < 1.29 is 13.5 Å². The zero-order valence-corrected chi connectivity index (χ0v) is 11.1. The maximum absolute atomic E-state index is 12.4. The van der Waals surface area contributed by atoms with Gasteiger partial charge in [-0.25, -0.2) is 8.42 Å². The van der Waals surface area contributed by atoms with Crippen LogP contribution in [0.4, 0.5) is 0 Å². The molecule has 4 nitrogen and oxygen atoms in total. The van der Waals surface area contributed by atoms with E-state index in [1.54, 1.807) is 30.3 Å². The van der Waals surface area contributed by atoms with E-state index in [4.69, 9.17) is 0 Å². The SMILES string of the molecule is Cc1ccc(S(=O)(=O)N2CC=CCCC2O)cc1. The largest absolute Gasteiger partial charge is 0.377 e. The first-order valence-corrected chi connectivity index (χ1v) is 7.37. The molecule has 1 atom stereocenters. The summed E-state index contributed by atoms with van der Waals surface area (Å²) in [6.07, 6.45) is 3.85. The molecule has 0 spiro atoms. The van der Waals surface area contributed by atoms with Gasteiger partial charge in [0.25, 0.3) is 0 Å². The molecular weight excluding hydrogens is 250 g/mol. The molecule has 0 amide bonds. The number of aryl methyl sites for hydroxylation is 1. The lowest BCUT2D eigenvalue weighted by Gasteiger charge is -2.24. The molecule has 0 aliphatic carbocycles. The molecule has 5 heteroatoms. The Morgan fingerprint density at radius 3 is 2.56 bits per heavy atom. The molecule has 18 heavy (non-hydrogen) atoms. The Kier molecular flexibility index (Phi) is 3.85. The second kappa shape index (κ2) is 5.22. The third kappa shape index (κ3) is 2.63. The van der Waals surface area contributed by atoms with Gasteiger partial charge in [-0.15, -0.1) is 0 Å². The molecule has 0 fully saturated rings. The number of aliphatic hydroxyl groups is 1. The number of rotatable bonds is 2. The van der Waals surface area contributed by atoms with Gasteiger partial charge in [0.15, 0.2) is 0 Å². The van der Waals surface area contributed by atoms with Crippen LogP contribution in [0, 0.1) is 6.92 Å². The number of sulfonamides is 1. The van der Waals surface area contributed by atoms with Gasteiger partial charge < -0.3 is 5.11 Å². The lowest BCUT2D eigenvalue weighted by atomic mass is 10.2. The van der Waals surface area contributed by atoms with Crippen LogP contribution in [0.2, 0.25) is 0 Å². The van der Waals surface area contributed by atoms with Crippen molar-refractivity contribution in [2.45, 2.75) is 30.9 Å². The summed E-state index contributed by atoms with van der Waals surface area (Å²) in [5.41, 5.74) is 1.00. The van der Waals surface area contributed by atoms with Gasteiger partial charge >= 0.3 is 0 Å². The van der Waals surface area contributed by atoms with Crippen LogP contribution in [0.1, 0.15) is 18.4 Å². The summed E-state index contributed by atoms with van der Waals surface area (Å²) < 4.78 is 25.9. The van der Waals surface area contributed by atoms with Crippen LogP contribution >= 0.6 is 0 Å². The van der Waals surface area contributed by atoms with E-state index in [2.05, 4.69) is 0 Å². The van der Waals surface area contributed by atoms with Crippen LogP contribution in [-0.4, -0.2) is 30.6 Å². The minimum absolute atomic E-state index is 0.220. The lowest BCUT2D eigenvalue weighted by Crippen LogP contribution is -2.39. The van der Waals surface area contributed by atoms with Crippen LogP contribution in [0.15, 0.2) is 41.3 Å². The Balaban J connectivity index is 2.35. The molecule has 98 valence electrons. The van der Waals surface area contributed by atoms with E-state index < -0.39 is 16.3 Å². The Morgan fingerprint density at radius 1 is 1.22 bits per heavy atom. The van der Waals surface area contributed by atoms with Crippen molar-refractivity contribution >= 4 is 10.0 Å². The van der Waals surface area contributed by atoms with E-state index in [1.807, 2.05) is 13.0 Å². The van der Waals surface area contributed by atoms with Gasteiger partial charge in [0, 0.05) is 6.54 Å². The van der Waals surface area contributed by atoms with Crippen LogP contribution in [0.25, 0.3) is 0 Å². The monoisotopic (exact) mass is 267 g/mol. The van der Waals surface area contributed by atoms with Gasteiger partial charge in [-0.1, -0.05) is 29.8 Å². The van der Waals surface area contributed by atoms with Crippen LogP contribution < -0.4 is 0 Å². The normalized spacial score (nSPS) is 21.8. The van der Waals surface area contributed by atoms with Crippen molar-refractivity contribution in [3.63, 3.8) is 0 Å². The Labute approximate surface area is 108 Å². The van der Waals surface area contributed by atoms with Gasteiger partial charge in [0.2, 0.25) is 10.0 Å². The van der Waals surface area contributed by atoms with E-state index in [9.17, 15) is 13.5 Å². The maximum Gasteiger partial charge on any atom is 0.245 e. The van der Waals surface area contributed by atoms with Crippen molar-refractivity contribution in [2.75, 3.05) is 6.54 Å². The topological polar surface area (TPSA) is 57.6 Å². The lowest BCUT2D eigenvalue weighted by molar-refractivity contribution is 0.0653. The number of benzene rings is 1. The van der Waals surface area contributed by atoms with Crippen molar-refractivity contribution in [2.24, 2.45) is 0 Å². The maximum atomic E-state index is 12.4. The summed E-state index contributed by atoms with van der Waals surface area (Å²) in [4.78, 5) is 0.224.